The molecule has 2 aromatic carbocycles. The second-order valence-corrected chi connectivity index (χ2v) is 6.85. The molecule has 1 aliphatic heterocycles. The number of nitrogens with zero attached hydrogens (tertiary/aromatic N) is 2. The van der Waals surface area contributed by atoms with Crippen LogP contribution in [0.25, 0.3) is 5.70 Å². The average Bonchev–Trinajstić information content (AvgIpc) is 3.00. The Morgan fingerprint density at radius 2 is 1.59 bits per heavy atom. The van der Waals surface area contributed by atoms with E-state index in [0.29, 0.717) is 0 Å². The summed E-state index contributed by atoms with van der Waals surface area (Å²) in [6.07, 6.45) is 18.2. The van der Waals surface area contributed by atoms with Crippen molar-refractivity contribution in [2.45, 2.75) is 26.2 Å². The van der Waals surface area contributed by atoms with Crippen LogP contribution in [0.3, 0.4) is 0 Å². The van der Waals surface area contributed by atoms with E-state index in [9.17, 15) is 0 Å². The lowest BCUT2D eigenvalue weighted by Crippen LogP contribution is -2.15. The van der Waals surface area contributed by atoms with Crippen LogP contribution in [0.2, 0.25) is 0 Å². The zero-order valence-corrected chi connectivity index (χ0v) is 15.7. The maximum Gasteiger partial charge on any atom is 0.0658 e. The van der Waals surface area contributed by atoms with Crippen LogP contribution in [0.1, 0.15) is 30.4 Å². The molecule has 0 N–H and O–H groups in total. The molecule has 1 aliphatic carbocycles. The highest BCUT2D eigenvalue weighted by molar-refractivity contribution is 5.78. The van der Waals surface area contributed by atoms with E-state index in [2.05, 4.69) is 102 Å². The lowest BCUT2D eigenvalue weighted by atomic mass is 10.1. The van der Waals surface area contributed by atoms with Gasteiger partial charge in [0.05, 0.1) is 5.70 Å². The van der Waals surface area contributed by atoms with Gasteiger partial charge in [-0.05, 0) is 68.2 Å². The second-order valence-electron chi connectivity index (χ2n) is 6.85. The number of benzene rings is 2. The van der Waals surface area contributed by atoms with Crippen molar-refractivity contribution in [3.05, 3.63) is 102 Å². The van der Waals surface area contributed by atoms with Crippen LogP contribution in [-0.4, -0.2) is 6.21 Å². The molecule has 0 radical (unpaired) electrons. The maximum atomic E-state index is 4.54. The van der Waals surface area contributed by atoms with Crippen molar-refractivity contribution in [2.75, 3.05) is 4.90 Å². The molecule has 27 heavy (non-hydrogen) atoms. The number of allylic oxidation sites excluding steroid dienone is 6. The molecule has 1 heterocycles. The molecule has 0 bridgehead atoms. The molecule has 0 saturated carbocycles. The summed E-state index contributed by atoms with van der Waals surface area (Å²) in [5.41, 5.74) is 6.98. The van der Waals surface area contributed by atoms with Crippen LogP contribution >= 0.6 is 0 Å². The molecule has 0 atom stereocenters. The summed E-state index contributed by atoms with van der Waals surface area (Å²) in [6, 6.07) is 17.4. The smallest absolute Gasteiger partial charge is 0.0658 e. The van der Waals surface area contributed by atoms with Gasteiger partial charge in [0.2, 0.25) is 0 Å². The van der Waals surface area contributed by atoms with Gasteiger partial charge in [-0.2, -0.15) is 0 Å². The molecular formula is C25H24N2. The zero-order chi connectivity index (χ0) is 18.5. The number of hydrogen-bond donors (Lipinski definition) is 0. The molecule has 0 unspecified atom stereocenters. The van der Waals surface area contributed by atoms with Gasteiger partial charge in [0.1, 0.15) is 0 Å². The zero-order valence-electron chi connectivity index (χ0n) is 15.7. The van der Waals surface area contributed by atoms with Crippen LogP contribution in [0, 0.1) is 6.92 Å². The van der Waals surface area contributed by atoms with Crippen molar-refractivity contribution in [2.24, 2.45) is 4.99 Å². The Morgan fingerprint density at radius 1 is 0.852 bits per heavy atom. The third-order valence-electron chi connectivity index (χ3n) is 4.80. The number of aryl methyl sites for hydroxylation is 1. The first-order valence-corrected chi connectivity index (χ1v) is 9.54. The highest BCUT2D eigenvalue weighted by Crippen LogP contribution is 2.32. The largest absolute Gasteiger partial charge is 0.311 e. The van der Waals surface area contributed by atoms with Gasteiger partial charge in [-0.15, -0.1) is 0 Å². The Hall–Kier alpha value is -3.13. The topological polar surface area (TPSA) is 15.6 Å². The van der Waals surface area contributed by atoms with E-state index in [1.165, 1.54) is 11.1 Å². The Balaban J connectivity index is 1.73. The predicted octanol–water partition coefficient (Wildman–Crippen LogP) is 6.74. The summed E-state index contributed by atoms with van der Waals surface area (Å²) in [6.45, 7) is 2.12. The average molecular weight is 352 g/mol. The summed E-state index contributed by atoms with van der Waals surface area (Å²) in [5.74, 6) is 0. The molecule has 2 aliphatic rings. The van der Waals surface area contributed by atoms with Gasteiger partial charge in [-0.25, -0.2) is 0 Å². The van der Waals surface area contributed by atoms with Gasteiger partial charge in [0, 0.05) is 23.3 Å². The first-order valence-electron chi connectivity index (χ1n) is 9.54. The fourth-order valence-corrected chi connectivity index (χ4v) is 3.34. The molecule has 4 rings (SSSR count). The van der Waals surface area contributed by atoms with Crippen molar-refractivity contribution in [1.29, 1.82) is 0 Å². The Morgan fingerprint density at radius 3 is 2.30 bits per heavy atom. The van der Waals surface area contributed by atoms with Crippen molar-refractivity contribution in [1.82, 2.24) is 0 Å². The quantitative estimate of drug-likeness (QED) is 0.595. The minimum Gasteiger partial charge on any atom is -0.311 e. The van der Waals surface area contributed by atoms with Crippen LogP contribution in [0.5, 0.6) is 0 Å². The maximum absolute atomic E-state index is 4.54. The normalized spacial score (nSPS) is 15.9. The standard InChI is InChI=1S/C25H24N2/c1-20-11-15-23(16-12-20)27(22-8-4-2-3-5-9-22)24-17-13-21(14-18-24)25-10-6-7-19-26-25/h2,4-5,8-19H,3,6-7H2,1H3. The van der Waals surface area contributed by atoms with E-state index in [0.717, 1.165) is 42.0 Å². The van der Waals surface area contributed by atoms with Gasteiger partial charge >= 0.3 is 0 Å². The highest BCUT2D eigenvalue weighted by atomic mass is 15.1. The van der Waals surface area contributed by atoms with E-state index in [-0.39, 0.29) is 0 Å². The lowest BCUT2D eigenvalue weighted by molar-refractivity contribution is 1.09. The van der Waals surface area contributed by atoms with Crippen molar-refractivity contribution >= 4 is 23.3 Å². The first kappa shape index (κ1) is 17.3. The van der Waals surface area contributed by atoms with E-state index in [1.807, 2.05) is 6.21 Å². The van der Waals surface area contributed by atoms with E-state index < -0.39 is 0 Å². The third-order valence-corrected chi connectivity index (χ3v) is 4.80. The minimum atomic E-state index is 0.965. The second kappa shape index (κ2) is 8.05. The highest BCUT2D eigenvalue weighted by Gasteiger charge is 2.14. The SMILES string of the molecule is Cc1ccc(N(C2=CC=CCC=C2)c2ccc(C3=CCCC=N3)cc2)cc1. The van der Waals surface area contributed by atoms with Gasteiger partial charge in [-0.1, -0.05) is 54.1 Å². The summed E-state index contributed by atoms with van der Waals surface area (Å²) < 4.78 is 0. The summed E-state index contributed by atoms with van der Waals surface area (Å²) >= 11 is 0. The molecule has 0 saturated heterocycles. The van der Waals surface area contributed by atoms with Gasteiger partial charge < -0.3 is 4.90 Å². The molecule has 134 valence electrons. The molecule has 0 fully saturated rings. The van der Waals surface area contributed by atoms with Crippen molar-refractivity contribution < 1.29 is 0 Å². The molecule has 0 spiro atoms. The molecular weight excluding hydrogens is 328 g/mol. The molecule has 2 heteroatoms. The fourth-order valence-electron chi connectivity index (χ4n) is 3.34. The van der Waals surface area contributed by atoms with E-state index in [1.54, 1.807) is 0 Å². The van der Waals surface area contributed by atoms with E-state index in [4.69, 9.17) is 0 Å². The summed E-state index contributed by atoms with van der Waals surface area (Å²) in [5, 5.41) is 0. The van der Waals surface area contributed by atoms with Gasteiger partial charge in [0.15, 0.2) is 0 Å². The number of hydrogen-bond acceptors (Lipinski definition) is 2. The first-order chi connectivity index (χ1) is 13.3. The molecule has 0 aromatic heterocycles. The number of aliphatic imine (C=N–C) groups is 1. The Labute approximate surface area is 161 Å². The number of anilines is 2. The Bertz CT molecular complexity index is 939. The van der Waals surface area contributed by atoms with Gasteiger partial charge in [0.25, 0.3) is 0 Å². The fraction of sp³-hybridized carbons (Fsp3) is 0.160. The Kier molecular flexibility index (Phi) is 5.15. The molecule has 0 amide bonds. The summed E-state index contributed by atoms with van der Waals surface area (Å²) in [4.78, 5) is 6.83. The number of rotatable bonds is 4. The lowest BCUT2D eigenvalue weighted by Gasteiger charge is -2.26. The van der Waals surface area contributed by atoms with E-state index >= 15 is 0 Å². The van der Waals surface area contributed by atoms with Crippen LogP contribution < -0.4 is 4.90 Å². The molecule has 2 aromatic rings. The molecule has 2 nitrogen and oxygen atoms in total. The third kappa shape index (κ3) is 4.01. The summed E-state index contributed by atoms with van der Waals surface area (Å²) in [7, 11) is 0. The van der Waals surface area contributed by atoms with Crippen LogP contribution in [0.15, 0.2) is 95.7 Å². The minimum absolute atomic E-state index is 0.965. The van der Waals surface area contributed by atoms with Gasteiger partial charge in [-0.3, -0.25) is 4.99 Å². The van der Waals surface area contributed by atoms with Crippen LogP contribution in [-0.2, 0) is 0 Å². The van der Waals surface area contributed by atoms with Crippen LogP contribution in [0.4, 0.5) is 11.4 Å². The predicted molar refractivity (Wildman–Crippen MR) is 116 cm³/mol. The van der Waals surface area contributed by atoms with Crippen molar-refractivity contribution in [3.63, 3.8) is 0 Å². The van der Waals surface area contributed by atoms with Crippen molar-refractivity contribution in [3.8, 4) is 0 Å². The monoisotopic (exact) mass is 352 g/mol.